The van der Waals surface area contributed by atoms with E-state index in [0.29, 0.717) is 12.2 Å². The molecule has 0 spiro atoms. The van der Waals surface area contributed by atoms with Crippen LogP contribution in [0.4, 0.5) is 10.1 Å². The van der Waals surface area contributed by atoms with Crippen LogP contribution in [0.1, 0.15) is 11.1 Å². The third-order valence-electron chi connectivity index (χ3n) is 3.13. The number of furan rings is 1. The molecule has 1 heterocycles. The van der Waals surface area contributed by atoms with Crippen LogP contribution in [-0.2, 0) is 6.54 Å². The second-order valence-corrected chi connectivity index (χ2v) is 4.41. The van der Waals surface area contributed by atoms with E-state index in [2.05, 4.69) is 5.32 Å². The van der Waals surface area contributed by atoms with Crippen molar-refractivity contribution in [2.45, 2.75) is 6.54 Å². The standard InChI is InChI=1S/C16H11FN2O/c17-13-5-6-15(11(7-13)8-18)19-9-12-10-20-16-4-2-1-3-14(12)16/h1-7,10,19H,9H2. The summed E-state index contributed by atoms with van der Waals surface area (Å²) in [5, 5.41) is 13.2. The molecule has 0 unspecified atom stereocenters. The predicted octanol–water partition coefficient (Wildman–Crippen LogP) is 4.06. The summed E-state index contributed by atoms with van der Waals surface area (Å²) in [6, 6.07) is 13.8. The van der Waals surface area contributed by atoms with Gasteiger partial charge in [0.05, 0.1) is 17.5 Å². The summed E-state index contributed by atoms with van der Waals surface area (Å²) in [5.41, 5.74) is 2.72. The smallest absolute Gasteiger partial charge is 0.134 e. The molecular weight excluding hydrogens is 255 g/mol. The lowest BCUT2D eigenvalue weighted by molar-refractivity contribution is 0.611. The van der Waals surface area contributed by atoms with Crippen molar-refractivity contribution in [2.24, 2.45) is 0 Å². The van der Waals surface area contributed by atoms with Crippen molar-refractivity contribution in [3.05, 3.63) is 65.7 Å². The summed E-state index contributed by atoms with van der Waals surface area (Å²) >= 11 is 0. The van der Waals surface area contributed by atoms with E-state index in [-0.39, 0.29) is 5.56 Å². The molecule has 0 atom stereocenters. The lowest BCUT2D eigenvalue weighted by Crippen LogP contribution is -2.01. The lowest BCUT2D eigenvalue weighted by Gasteiger charge is -2.07. The molecule has 0 amide bonds. The summed E-state index contributed by atoms with van der Waals surface area (Å²) in [6.45, 7) is 0.511. The lowest BCUT2D eigenvalue weighted by atomic mass is 10.1. The zero-order valence-electron chi connectivity index (χ0n) is 10.6. The molecule has 98 valence electrons. The molecule has 1 aromatic heterocycles. The molecule has 0 radical (unpaired) electrons. The van der Waals surface area contributed by atoms with E-state index in [1.807, 2.05) is 30.3 Å². The fraction of sp³-hybridized carbons (Fsp3) is 0.0625. The Hall–Kier alpha value is -2.80. The highest BCUT2D eigenvalue weighted by molar-refractivity contribution is 5.81. The molecule has 0 aliphatic heterocycles. The maximum Gasteiger partial charge on any atom is 0.134 e. The van der Waals surface area contributed by atoms with E-state index < -0.39 is 5.82 Å². The van der Waals surface area contributed by atoms with Gasteiger partial charge in [-0.2, -0.15) is 5.26 Å². The Labute approximate surface area is 115 Å². The van der Waals surface area contributed by atoms with Crippen molar-refractivity contribution in [2.75, 3.05) is 5.32 Å². The van der Waals surface area contributed by atoms with Crippen molar-refractivity contribution in [1.29, 1.82) is 5.26 Å². The number of rotatable bonds is 3. The molecule has 3 aromatic rings. The minimum atomic E-state index is -0.416. The van der Waals surface area contributed by atoms with Crippen LogP contribution in [0.2, 0.25) is 0 Å². The molecule has 0 fully saturated rings. The Kier molecular flexibility index (Phi) is 3.10. The molecule has 0 aliphatic rings. The molecular formula is C16H11FN2O. The molecule has 0 aliphatic carbocycles. The van der Waals surface area contributed by atoms with Gasteiger partial charge in [0.25, 0.3) is 0 Å². The zero-order valence-corrected chi connectivity index (χ0v) is 10.6. The Bertz CT molecular complexity index is 802. The average Bonchev–Trinajstić information content (AvgIpc) is 2.89. The third-order valence-corrected chi connectivity index (χ3v) is 3.13. The minimum Gasteiger partial charge on any atom is -0.464 e. The second-order valence-electron chi connectivity index (χ2n) is 4.41. The monoisotopic (exact) mass is 266 g/mol. The highest BCUT2D eigenvalue weighted by Gasteiger charge is 2.07. The molecule has 0 bridgehead atoms. The first-order valence-electron chi connectivity index (χ1n) is 6.16. The van der Waals surface area contributed by atoms with Gasteiger partial charge in [0.2, 0.25) is 0 Å². The maximum atomic E-state index is 13.1. The van der Waals surface area contributed by atoms with Gasteiger partial charge in [-0.3, -0.25) is 0 Å². The molecule has 3 nitrogen and oxygen atoms in total. The van der Waals surface area contributed by atoms with Gasteiger partial charge in [0, 0.05) is 17.5 Å². The summed E-state index contributed by atoms with van der Waals surface area (Å²) in [7, 11) is 0. The number of nitriles is 1. The van der Waals surface area contributed by atoms with Crippen molar-refractivity contribution >= 4 is 16.7 Å². The number of fused-ring (bicyclic) bond motifs is 1. The molecule has 1 N–H and O–H groups in total. The van der Waals surface area contributed by atoms with Crippen LogP contribution in [0.5, 0.6) is 0 Å². The van der Waals surface area contributed by atoms with E-state index in [1.54, 1.807) is 12.3 Å². The number of anilines is 1. The van der Waals surface area contributed by atoms with E-state index >= 15 is 0 Å². The van der Waals surface area contributed by atoms with Gasteiger partial charge in [-0.05, 0) is 24.3 Å². The van der Waals surface area contributed by atoms with E-state index in [4.69, 9.17) is 9.68 Å². The van der Waals surface area contributed by atoms with Gasteiger partial charge in [-0.1, -0.05) is 18.2 Å². The first-order chi connectivity index (χ1) is 9.78. The molecule has 2 aromatic carbocycles. The van der Waals surface area contributed by atoms with Gasteiger partial charge < -0.3 is 9.73 Å². The summed E-state index contributed by atoms with van der Waals surface area (Å²) < 4.78 is 18.5. The normalized spacial score (nSPS) is 10.4. The van der Waals surface area contributed by atoms with Crippen LogP contribution >= 0.6 is 0 Å². The minimum absolute atomic E-state index is 0.290. The van der Waals surface area contributed by atoms with Crippen LogP contribution < -0.4 is 5.32 Å². The maximum absolute atomic E-state index is 13.1. The Morgan fingerprint density at radius 1 is 1.20 bits per heavy atom. The quantitative estimate of drug-likeness (QED) is 0.777. The Balaban J connectivity index is 1.85. The van der Waals surface area contributed by atoms with E-state index in [0.717, 1.165) is 16.5 Å². The van der Waals surface area contributed by atoms with Crippen molar-refractivity contribution < 1.29 is 8.81 Å². The van der Waals surface area contributed by atoms with Gasteiger partial charge in [0.15, 0.2) is 0 Å². The number of hydrogen-bond donors (Lipinski definition) is 1. The number of halogens is 1. The van der Waals surface area contributed by atoms with Crippen molar-refractivity contribution in [3.8, 4) is 6.07 Å². The second kappa shape index (κ2) is 5.06. The Morgan fingerprint density at radius 3 is 2.90 bits per heavy atom. The van der Waals surface area contributed by atoms with E-state index in [9.17, 15) is 4.39 Å². The summed E-state index contributed by atoms with van der Waals surface area (Å²) in [6.07, 6.45) is 1.69. The van der Waals surface area contributed by atoms with Crippen LogP contribution in [0.15, 0.2) is 53.1 Å². The van der Waals surface area contributed by atoms with Crippen molar-refractivity contribution in [3.63, 3.8) is 0 Å². The topological polar surface area (TPSA) is 49.0 Å². The molecule has 20 heavy (non-hydrogen) atoms. The third kappa shape index (κ3) is 2.21. The molecule has 0 saturated carbocycles. The number of para-hydroxylation sites is 1. The number of benzene rings is 2. The first-order valence-corrected chi connectivity index (χ1v) is 6.16. The van der Waals surface area contributed by atoms with Gasteiger partial charge in [-0.15, -0.1) is 0 Å². The number of nitrogens with zero attached hydrogens (tertiary/aromatic N) is 1. The predicted molar refractivity (Wildman–Crippen MR) is 74.7 cm³/mol. The molecule has 0 saturated heterocycles. The Morgan fingerprint density at radius 2 is 2.05 bits per heavy atom. The fourth-order valence-corrected chi connectivity index (χ4v) is 2.12. The number of nitrogens with one attached hydrogen (secondary N) is 1. The van der Waals surface area contributed by atoms with Crippen LogP contribution in [0, 0.1) is 17.1 Å². The van der Waals surface area contributed by atoms with Gasteiger partial charge in [-0.25, -0.2) is 4.39 Å². The zero-order chi connectivity index (χ0) is 13.9. The highest BCUT2D eigenvalue weighted by Crippen LogP contribution is 2.23. The van der Waals surface area contributed by atoms with Crippen LogP contribution in [0.3, 0.4) is 0 Å². The largest absolute Gasteiger partial charge is 0.464 e. The SMILES string of the molecule is N#Cc1cc(F)ccc1NCc1coc2ccccc12. The highest BCUT2D eigenvalue weighted by atomic mass is 19.1. The summed E-state index contributed by atoms with van der Waals surface area (Å²) in [4.78, 5) is 0. The first kappa shape index (κ1) is 12.2. The van der Waals surface area contributed by atoms with Crippen LogP contribution in [0.25, 0.3) is 11.0 Å². The van der Waals surface area contributed by atoms with Crippen LogP contribution in [-0.4, -0.2) is 0 Å². The fourth-order valence-electron chi connectivity index (χ4n) is 2.12. The molecule has 3 rings (SSSR count). The average molecular weight is 266 g/mol. The van der Waals surface area contributed by atoms with Crippen molar-refractivity contribution in [1.82, 2.24) is 0 Å². The van der Waals surface area contributed by atoms with Gasteiger partial charge in [0.1, 0.15) is 17.5 Å². The molecule has 4 heteroatoms. The summed E-state index contributed by atoms with van der Waals surface area (Å²) in [5.74, 6) is -0.416. The van der Waals surface area contributed by atoms with E-state index in [1.165, 1.54) is 12.1 Å². The van der Waals surface area contributed by atoms with Gasteiger partial charge >= 0.3 is 0 Å². The number of hydrogen-bond acceptors (Lipinski definition) is 3.